The van der Waals surface area contributed by atoms with E-state index >= 15 is 0 Å². The third kappa shape index (κ3) is 4.51. The molecule has 5 nitrogen and oxygen atoms in total. The lowest BCUT2D eigenvalue weighted by Gasteiger charge is -2.24. The number of hydrogen-bond acceptors (Lipinski definition) is 4. The summed E-state index contributed by atoms with van der Waals surface area (Å²) in [5.74, 6) is -0.778. The lowest BCUT2D eigenvalue weighted by molar-refractivity contribution is -0.138. The molecule has 0 aliphatic heterocycles. The molecule has 0 fully saturated rings. The van der Waals surface area contributed by atoms with Gasteiger partial charge in [0.25, 0.3) is 10.0 Å². The number of carbonyl (C=O) groups is 1. The summed E-state index contributed by atoms with van der Waals surface area (Å²) in [5, 5.41) is 0.612. The maximum absolute atomic E-state index is 13.0. The van der Waals surface area contributed by atoms with Gasteiger partial charge < -0.3 is 4.74 Å². The molecular weight excluding hydrogens is 432 g/mol. The molecule has 0 atom stereocenters. The standard InChI is InChI=1S/C15H11Cl4NO4S/c1-24-15(21)8-20(14-7-12(18)11(17)6-13(14)19)25(22,23)10-4-2-9(16)3-5-10/h2-7H,8H2,1H3. The molecule has 0 aliphatic rings. The fourth-order valence-corrected chi connectivity index (χ4v) is 4.16. The van der Waals surface area contributed by atoms with E-state index < -0.39 is 22.5 Å². The van der Waals surface area contributed by atoms with E-state index in [0.717, 1.165) is 11.4 Å². The van der Waals surface area contributed by atoms with E-state index in [1.54, 1.807) is 0 Å². The van der Waals surface area contributed by atoms with Gasteiger partial charge in [0.05, 0.1) is 32.8 Å². The van der Waals surface area contributed by atoms with Crippen molar-refractivity contribution in [3.05, 3.63) is 56.5 Å². The van der Waals surface area contributed by atoms with Crippen LogP contribution in [0, 0.1) is 0 Å². The van der Waals surface area contributed by atoms with Crippen LogP contribution in [-0.4, -0.2) is 28.0 Å². The van der Waals surface area contributed by atoms with Gasteiger partial charge in [0.15, 0.2) is 0 Å². The normalized spacial score (nSPS) is 11.2. The van der Waals surface area contributed by atoms with Crippen LogP contribution in [0.5, 0.6) is 0 Å². The molecule has 0 aromatic heterocycles. The average Bonchev–Trinajstić information content (AvgIpc) is 2.56. The van der Waals surface area contributed by atoms with E-state index in [4.69, 9.17) is 46.4 Å². The zero-order valence-corrected chi connectivity index (χ0v) is 16.5. The molecule has 0 N–H and O–H groups in total. The molecule has 134 valence electrons. The molecule has 0 amide bonds. The summed E-state index contributed by atoms with van der Waals surface area (Å²) in [4.78, 5) is 11.7. The number of benzene rings is 2. The number of anilines is 1. The molecule has 0 aliphatic carbocycles. The maximum atomic E-state index is 13.0. The van der Waals surface area contributed by atoms with E-state index in [1.165, 1.54) is 36.4 Å². The molecule has 10 heteroatoms. The van der Waals surface area contributed by atoms with Crippen LogP contribution in [0.4, 0.5) is 5.69 Å². The molecular formula is C15H11Cl4NO4S. The predicted molar refractivity (Wildman–Crippen MR) is 99.5 cm³/mol. The molecule has 0 radical (unpaired) electrons. The van der Waals surface area contributed by atoms with Crippen LogP contribution in [0.1, 0.15) is 0 Å². The van der Waals surface area contributed by atoms with E-state index in [1.807, 2.05) is 0 Å². The first-order valence-electron chi connectivity index (χ1n) is 6.66. The summed E-state index contributed by atoms with van der Waals surface area (Å²) < 4.78 is 31.3. The van der Waals surface area contributed by atoms with Gasteiger partial charge in [-0.25, -0.2) is 8.42 Å². The second kappa shape index (κ2) is 8.01. The van der Waals surface area contributed by atoms with Crippen molar-refractivity contribution in [2.24, 2.45) is 0 Å². The molecule has 2 aromatic rings. The molecule has 0 unspecified atom stereocenters. The number of sulfonamides is 1. The Bertz CT molecular complexity index is 900. The lowest BCUT2D eigenvalue weighted by Crippen LogP contribution is -2.36. The van der Waals surface area contributed by atoms with Gasteiger partial charge in [-0.3, -0.25) is 9.10 Å². The van der Waals surface area contributed by atoms with Gasteiger partial charge in [0.1, 0.15) is 6.54 Å². The van der Waals surface area contributed by atoms with Gasteiger partial charge in [-0.2, -0.15) is 0 Å². The van der Waals surface area contributed by atoms with Gasteiger partial charge in [0.2, 0.25) is 0 Å². The largest absolute Gasteiger partial charge is 0.468 e. The fourth-order valence-electron chi connectivity index (χ4n) is 1.92. The van der Waals surface area contributed by atoms with Gasteiger partial charge in [-0.15, -0.1) is 0 Å². The van der Waals surface area contributed by atoms with E-state index in [9.17, 15) is 13.2 Å². The number of ether oxygens (including phenoxy) is 1. The monoisotopic (exact) mass is 441 g/mol. The van der Waals surface area contributed by atoms with Gasteiger partial charge in [-0.05, 0) is 36.4 Å². The highest BCUT2D eigenvalue weighted by Gasteiger charge is 2.29. The molecule has 2 aromatic carbocycles. The average molecular weight is 443 g/mol. The number of hydrogen-bond donors (Lipinski definition) is 0. The minimum atomic E-state index is -4.14. The van der Waals surface area contributed by atoms with E-state index in [2.05, 4.69) is 4.74 Å². The fraction of sp³-hybridized carbons (Fsp3) is 0.133. The molecule has 0 saturated heterocycles. The summed E-state index contributed by atoms with van der Waals surface area (Å²) in [7, 11) is -3.00. The third-order valence-electron chi connectivity index (χ3n) is 3.16. The number of esters is 1. The van der Waals surface area contributed by atoms with Crippen molar-refractivity contribution in [2.45, 2.75) is 4.90 Å². The van der Waals surface area contributed by atoms with Crippen LogP contribution in [0.2, 0.25) is 20.1 Å². The first-order valence-corrected chi connectivity index (χ1v) is 9.61. The summed E-state index contributed by atoms with van der Waals surface area (Å²) in [6.45, 7) is -0.598. The van der Waals surface area contributed by atoms with Crippen molar-refractivity contribution in [3.63, 3.8) is 0 Å². The molecule has 2 rings (SSSR count). The van der Waals surface area contributed by atoms with Crippen LogP contribution >= 0.6 is 46.4 Å². The Labute approximate surface area is 165 Å². The van der Waals surface area contributed by atoms with E-state index in [-0.39, 0.29) is 25.7 Å². The molecule has 0 heterocycles. The minimum absolute atomic E-state index is 0.00332. The maximum Gasteiger partial charge on any atom is 0.326 e. The Morgan fingerprint density at radius 3 is 2.12 bits per heavy atom. The Kier molecular flexibility index (Phi) is 6.45. The number of rotatable bonds is 5. The Balaban J connectivity index is 2.62. The third-order valence-corrected chi connectivity index (χ3v) is 6.21. The van der Waals surface area contributed by atoms with Crippen molar-refractivity contribution in [2.75, 3.05) is 18.0 Å². The van der Waals surface area contributed by atoms with Crippen molar-refractivity contribution in [1.29, 1.82) is 0 Å². The number of methoxy groups -OCH3 is 1. The minimum Gasteiger partial charge on any atom is -0.468 e. The Hall–Kier alpha value is -1.18. The van der Waals surface area contributed by atoms with Gasteiger partial charge in [-0.1, -0.05) is 46.4 Å². The quantitative estimate of drug-likeness (QED) is 0.498. The Morgan fingerprint density at radius 1 is 1.00 bits per heavy atom. The smallest absolute Gasteiger partial charge is 0.326 e. The van der Waals surface area contributed by atoms with Crippen LogP contribution in [-0.2, 0) is 19.6 Å². The van der Waals surface area contributed by atoms with Crippen LogP contribution in [0.15, 0.2) is 41.3 Å². The lowest BCUT2D eigenvalue weighted by atomic mass is 10.3. The number of nitrogens with zero attached hydrogens (tertiary/aromatic N) is 1. The van der Waals surface area contributed by atoms with Crippen LogP contribution in [0.25, 0.3) is 0 Å². The van der Waals surface area contributed by atoms with Crippen molar-refractivity contribution in [3.8, 4) is 0 Å². The summed E-state index contributed by atoms with van der Waals surface area (Å²) in [6, 6.07) is 8.02. The summed E-state index contributed by atoms with van der Waals surface area (Å²) in [5.41, 5.74) is -0.00332. The van der Waals surface area contributed by atoms with Crippen LogP contribution in [0.3, 0.4) is 0 Å². The molecule has 0 saturated carbocycles. The second-order valence-electron chi connectivity index (χ2n) is 4.76. The van der Waals surface area contributed by atoms with Crippen LogP contribution < -0.4 is 4.31 Å². The molecule has 25 heavy (non-hydrogen) atoms. The first-order chi connectivity index (χ1) is 11.7. The van der Waals surface area contributed by atoms with Gasteiger partial charge in [0, 0.05) is 5.02 Å². The SMILES string of the molecule is COC(=O)CN(c1cc(Cl)c(Cl)cc1Cl)S(=O)(=O)c1ccc(Cl)cc1. The zero-order valence-electron chi connectivity index (χ0n) is 12.7. The first kappa shape index (κ1) is 20.1. The molecule has 0 bridgehead atoms. The summed E-state index contributed by atoms with van der Waals surface area (Å²) in [6.07, 6.45) is 0. The van der Waals surface area contributed by atoms with Crippen molar-refractivity contribution in [1.82, 2.24) is 0 Å². The number of halogens is 4. The predicted octanol–water partition coefficient (Wildman–Crippen LogP) is 4.67. The van der Waals surface area contributed by atoms with Crippen molar-refractivity contribution >= 4 is 68.1 Å². The highest BCUT2D eigenvalue weighted by molar-refractivity contribution is 7.92. The van der Waals surface area contributed by atoms with E-state index in [0.29, 0.717) is 5.02 Å². The van der Waals surface area contributed by atoms with Crippen molar-refractivity contribution < 1.29 is 17.9 Å². The highest BCUT2D eigenvalue weighted by Crippen LogP contribution is 2.37. The zero-order chi connectivity index (χ0) is 18.8. The molecule has 0 spiro atoms. The number of carbonyl (C=O) groups excluding carboxylic acids is 1. The topological polar surface area (TPSA) is 63.7 Å². The summed E-state index contributed by atoms with van der Waals surface area (Å²) >= 11 is 23.8. The Morgan fingerprint density at radius 2 is 1.56 bits per heavy atom. The van der Waals surface area contributed by atoms with Gasteiger partial charge >= 0.3 is 5.97 Å². The second-order valence-corrected chi connectivity index (χ2v) is 8.28. The highest BCUT2D eigenvalue weighted by atomic mass is 35.5.